The quantitative estimate of drug-likeness (QED) is 0.154. The molecule has 2 saturated heterocycles. The van der Waals surface area contributed by atoms with Crippen LogP contribution in [0.25, 0.3) is 0 Å². The van der Waals surface area contributed by atoms with E-state index in [-0.39, 0.29) is 41.9 Å². The lowest BCUT2D eigenvalue weighted by molar-refractivity contribution is -0.146. The van der Waals surface area contributed by atoms with Crippen LogP contribution in [-0.2, 0) is 33.0 Å². The number of aliphatic hydroxyl groups is 1. The molecule has 0 aliphatic carbocycles. The first-order chi connectivity index (χ1) is 28.1. The maximum absolute atomic E-state index is 15.4. The van der Waals surface area contributed by atoms with Gasteiger partial charge in [-0.15, -0.1) is 5.10 Å². The highest BCUT2D eigenvalue weighted by Crippen LogP contribution is 2.60. The molecular weight excluding hydrogens is 749 g/mol. The number of aryl methyl sites for hydroxylation is 1. The first-order valence-corrected chi connectivity index (χ1v) is 23.2. The Balaban J connectivity index is 1.14. The number of rotatable bonds is 13. The third-order valence-electron chi connectivity index (χ3n) is 12.7. The van der Waals surface area contributed by atoms with Gasteiger partial charge < -0.3 is 34.4 Å². The van der Waals surface area contributed by atoms with Crippen molar-refractivity contribution >= 4 is 36.4 Å². The number of ether oxygens (including phenoxy) is 3. The van der Waals surface area contributed by atoms with E-state index in [1.807, 2.05) is 101 Å². The summed E-state index contributed by atoms with van der Waals surface area (Å²) in [5, 5.41) is 23.7. The maximum Gasteiger partial charge on any atom is 0.264 e. The van der Waals surface area contributed by atoms with Crippen LogP contribution < -0.4 is 29.8 Å². The zero-order valence-electron chi connectivity index (χ0n) is 33.8. The summed E-state index contributed by atoms with van der Waals surface area (Å²) < 4.78 is 20.5. The highest BCUT2D eigenvalue weighted by atomic mass is 28.3. The zero-order valence-corrected chi connectivity index (χ0v) is 34.8. The molecule has 0 radical (unpaired) electrons. The van der Waals surface area contributed by atoms with Gasteiger partial charge in [0.25, 0.3) is 5.91 Å². The van der Waals surface area contributed by atoms with Gasteiger partial charge >= 0.3 is 0 Å². The van der Waals surface area contributed by atoms with Crippen LogP contribution in [0.15, 0.2) is 103 Å². The molecule has 5 atom stereocenters. The molecule has 3 aliphatic heterocycles. The largest absolute Gasteiger partial charge is 0.497 e. The zero-order chi connectivity index (χ0) is 40.6. The smallest absolute Gasteiger partial charge is 0.264 e. The van der Waals surface area contributed by atoms with Gasteiger partial charge in [0, 0.05) is 43.0 Å². The topological polar surface area (TPSA) is 131 Å². The van der Waals surface area contributed by atoms with Crippen LogP contribution in [0.5, 0.6) is 11.5 Å². The number of carbonyl (C=O) groups excluding carboxylic acids is 2. The summed E-state index contributed by atoms with van der Waals surface area (Å²) in [4.78, 5) is 31.6. The summed E-state index contributed by atoms with van der Waals surface area (Å²) in [6, 6.07) is 32.0. The van der Waals surface area contributed by atoms with Gasteiger partial charge in [-0.25, -0.2) is 0 Å². The van der Waals surface area contributed by atoms with E-state index in [0.29, 0.717) is 44.0 Å². The van der Waals surface area contributed by atoms with Gasteiger partial charge in [0.15, 0.2) is 5.60 Å². The van der Waals surface area contributed by atoms with E-state index in [2.05, 4.69) is 47.8 Å². The Bertz CT molecular complexity index is 2250. The van der Waals surface area contributed by atoms with Gasteiger partial charge in [-0.05, 0) is 65.6 Å². The molecule has 3 aliphatic rings. The van der Waals surface area contributed by atoms with Crippen LogP contribution in [0.3, 0.4) is 0 Å². The summed E-state index contributed by atoms with van der Waals surface area (Å²) in [6.45, 7) is 9.39. The Morgan fingerprint density at radius 1 is 0.966 bits per heavy atom. The summed E-state index contributed by atoms with van der Waals surface area (Å²) >= 11 is 0. The maximum atomic E-state index is 15.4. The monoisotopic (exact) mass is 800 g/mol. The normalized spacial score (nSPS) is 22.4. The summed E-state index contributed by atoms with van der Waals surface area (Å²) in [5.74, 6) is 0.923. The Kier molecular flexibility index (Phi) is 11.0. The molecule has 0 bridgehead atoms. The number of methoxy groups -OCH3 is 2. The predicted octanol–water partition coefficient (Wildman–Crippen LogP) is 5.21. The number of nitrogens with one attached hydrogen (secondary N) is 1. The molecule has 4 heterocycles. The molecular formula is C45H52N6O6Si. The third-order valence-corrected chi connectivity index (χ3v) is 17.0. The van der Waals surface area contributed by atoms with Crippen LogP contribution in [0.1, 0.15) is 41.6 Å². The van der Waals surface area contributed by atoms with Crippen molar-refractivity contribution in [3.63, 3.8) is 0 Å². The molecule has 1 aromatic heterocycles. The molecule has 58 heavy (non-hydrogen) atoms. The molecule has 302 valence electrons. The van der Waals surface area contributed by atoms with Crippen molar-refractivity contribution in [2.75, 3.05) is 50.3 Å². The molecule has 12 nitrogen and oxygen atoms in total. The summed E-state index contributed by atoms with van der Waals surface area (Å²) in [6.07, 6.45) is 2.21. The fourth-order valence-corrected chi connectivity index (χ4v) is 13.6. The van der Waals surface area contributed by atoms with Crippen molar-refractivity contribution < 1.29 is 28.9 Å². The highest BCUT2D eigenvalue weighted by molar-refractivity contribution is 6.91. The van der Waals surface area contributed by atoms with E-state index in [9.17, 15) is 9.90 Å². The second-order valence-electron chi connectivity index (χ2n) is 16.2. The SMILES string of the molecule is COc1ccc([Si](C)(C)[C@@H]2[C@@H](CCn3cc(C(CO)c4ccccc4)nn3)O[C@]3(C(=O)N(Cc4ccc(N5CCNCC5=O)cc4)c4ccc(OC)cc43)[C@H]2C)cc1. The lowest BCUT2D eigenvalue weighted by Gasteiger charge is -2.37. The molecule has 0 saturated carbocycles. The Morgan fingerprint density at radius 3 is 2.38 bits per heavy atom. The Labute approximate surface area is 340 Å². The van der Waals surface area contributed by atoms with E-state index in [1.165, 1.54) is 5.19 Å². The third kappa shape index (κ3) is 6.99. The average Bonchev–Trinajstić information content (AvgIpc) is 3.91. The van der Waals surface area contributed by atoms with Crippen molar-refractivity contribution in [3.05, 3.63) is 126 Å². The molecule has 2 N–H and O–H groups in total. The van der Waals surface area contributed by atoms with Gasteiger partial charge in [0.2, 0.25) is 5.91 Å². The standard InChI is InChI=1S/C45H52N6O6Si/c1-30-43(58(4,5)36-18-15-34(55-2)16-19-36)41(21-23-49-28-39(47-48-49)37(29-52)32-9-7-6-8-10-32)57-45(30)38-25-35(56-3)17-20-40(38)51(44(45)54)27-31-11-13-33(14-12-31)50-24-22-46-26-42(50)53/h6-20,25,28,30,37,41,43,46,52H,21-24,26-27,29H2,1-5H3/t30-,37?,41+,43-,45+/m0/s1. The average molecular weight is 801 g/mol. The van der Waals surface area contributed by atoms with Gasteiger partial charge in [-0.1, -0.05) is 85.0 Å². The molecule has 13 heteroatoms. The molecule has 1 spiro atoms. The molecule has 5 aromatic rings. The first kappa shape index (κ1) is 39.5. The van der Waals surface area contributed by atoms with E-state index >= 15 is 4.79 Å². The Hall–Kier alpha value is -5.34. The Morgan fingerprint density at radius 2 is 1.69 bits per heavy atom. The number of hydrogen-bond acceptors (Lipinski definition) is 9. The minimum Gasteiger partial charge on any atom is -0.497 e. The van der Waals surface area contributed by atoms with Crippen molar-refractivity contribution in [1.29, 1.82) is 0 Å². The second kappa shape index (κ2) is 16.1. The fourth-order valence-electron chi connectivity index (χ4n) is 9.59. The number of aliphatic hydroxyl groups excluding tert-OH is 1. The molecule has 1 unspecified atom stereocenters. The number of aromatic nitrogens is 3. The van der Waals surface area contributed by atoms with Crippen LogP contribution in [0.4, 0.5) is 11.4 Å². The van der Waals surface area contributed by atoms with E-state index in [1.54, 1.807) is 19.1 Å². The van der Waals surface area contributed by atoms with Gasteiger partial charge in [-0.3, -0.25) is 14.3 Å². The van der Waals surface area contributed by atoms with Crippen molar-refractivity contribution in [1.82, 2.24) is 20.3 Å². The number of fused-ring (bicyclic) bond motifs is 2. The molecule has 4 aromatic carbocycles. The lowest BCUT2D eigenvalue weighted by Crippen LogP contribution is -2.51. The number of hydrogen-bond donors (Lipinski definition) is 2. The van der Waals surface area contributed by atoms with E-state index in [0.717, 1.165) is 40.4 Å². The molecule has 8 rings (SSSR count). The van der Waals surface area contributed by atoms with Crippen LogP contribution in [0.2, 0.25) is 18.6 Å². The van der Waals surface area contributed by atoms with E-state index in [4.69, 9.17) is 14.2 Å². The minimum atomic E-state index is -2.40. The van der Waals surface area contributed by atoms with Crippen LogP contribution in [-0.4, -0.2) is 86.6 Å². The van der Waals surface area contributed by atoms with E-state index < -0.39 is 13.7 Å². The fraction of sp³-hybridized carbons (Fsp3) is 0.378. The van der Waals surface area contributed by atoms with Crippen molar-refractivity contribution in [2.45, 2.75) is 62.7 Å². The van der Waals surface area contributed by atoms with Crippen molar-refractivity contribution in [2.24, 2.45) is 5.92 Å². The molecule has 2 amide bonds. The van der Waals surface area contributed by atoms with Crippen LogP contribution >= 0.6 is 0 Å². The summed E-state index contributed by atoms with van der Waals surface area (Å²) in [5.41, 5.74) is 3.86. The number of carbonyl (C=O) groups is 2. The van der Waals surface area contributed by atoms with Gasteiger partial charge in [0.05, 0.1) is 65.4 Å². The number of benzene rings is 4. The van der Waals surface area contributed by atoms with Gasteiger partial charge in [0.1, 0.15) is 11.5 Å². The first-order valence-electron chi connectivity index (χ1n) is 20.1. The lowest BCUT2D eigenvalue weighted by atomic mass is 9.82. The second-order valence-corrected chi connectivity index (χ2v) is 20.8. The minimum absolute atomic E-state index is 0.0252. The number of amides is 2. The number of nitrogens with zero attached hydrogens (tertiary/aromatic N) is 5. The number of anilines is 2. The van der Waals surface area contributed by atoms with Gasteiger partial charge in [-0.2, -0.15) is 0 Å². The highest BCUT2D eigenvalue weighted by Gasteiger charge is 2.66. The van der Waals surface area contributed by atoms with Crippen molar-refractivity contribution in [3.8, 4) is 11.5 Å². The molecule has 2 fully saturated rings. The summed E-state index contributed by atoms with van der Waals surface area (Å²) in [7, 11) is 0.919. The van der Waals surface area contributed by atoms with Crippen LogP contribution in [0, 0.1) is 5.92 Å². The predicted molar refractivity (Wildman–Crippen MR) is 225 cm³/mol. The number of piperazine rings is 1.